The minimum Gasteiger partial charge on any atom is -0.383 e. The highest BCUT2D eigenvalue weighted by atomic mass is 35.5. The fourth-order valence-electron chi connectivity index (χ4n) is 1.88. The number of nitrogens with two attached hydrogens (primary N) is 1. The molecular formula is C12H5Cl2F5N4OS. The van der Waals surface area contributed by atoms with Crippen LogP contribution in [0.3, 0.4) is 0 Å². The van der Waals surface area contributed by atoms with E-state index in [1.165, 1.54) is 6.07 Å². The molecule has 0 aliphatic carbocycles. The zero-order chi connectivity index (χ0) is 19.1. The van der Waals surface area contributed by atoms with Crippen molar-refractivity contribution in [3.8, 4) is 11.8 Å². The molecule has 5 nitrogen and oxygen atoms in total. The first-order valence-corrected chi connectivity index (χ1v) is 7.99. The highest BCUT2D eigenvalue weighted by molar-refractivity contribution is 7.85. The lowest BCUT2D eigenvalue weighted by molar-refractivity contribution is -0.137. The topological polar surface area (TPSA) is 84.7 Å². The molecule has 25 heavy (non-hydrogen) atoms. The first-order valence-electron chi connectivity index (χ1n) is 6.03. The molecule has 134 valence electrons. The van der Waals surface area contributed by atoms with Gasteiger partial charge in [0.1, 0.15) is 33.3 Å². The molecule has 0 fully saturated rings. The van der Waals surface area contributed by atoms with Gasteiger partial charge >= 0.3 is 11.9 Å². The van der Waals surface area contributed by atoms with Gasteiger partial charge in [-0.05, 0) is 12.1 Å². The Morgan fingerprint density at radius 2 is 1.80 bits per heavy atom. The number of nitrogen functional groups attached to an aromatic ring is 1. The molecule has 2 aromatic rings. The van der Waals surface area contributed by atoms with Crippen LogP contribution in [0.4, 0.5) is 27.8 Å². The van der Waals surface area contributed by atoms with Crippen molar-refractivity contribution >= 4 is 39.8 Å². The zero-order valence-corrected chi connectivity index (χ0v) is 13.9. The Hall–Kier alpha value is -1.90. The van der Waals surface area contributed by atoms with E-state index in [0.29, 0.717) is 16.8 Å². The first-order chi connectivity index (χ1) is 11.5. The van der Waals surface area contributed by atoms with E-state index in [-0.39, 0.29) is 5.69 Å². The molecule has 2 rings (SSSR count). The molecule has 2 N–H and O–H groups in total. The summed E-state index contributed by atoms with van der Waals surface area (Å²) in [5.74, 6) is -4.01. The lowest BCUT2D eigenvalue weighted by atomic mass is 10.2. The minimum atomic E-state index is -4.73. The number of halogens is 7. The van der Waals surface area contributed by atoms with Crippen LogP contribution in [-0.2, 0) is 17.0 Å². The zero-order valence-electron chi connectivity index (χ0n) is 11.6. The number of aromatic nitrogens is 2. The van der Waals surface area contributed by atoms with E-state index in [2.05, 4.69) is 5.10 Å². The maximum Gasteiger partial charge on any atom is 0.416 e. The van der Waals surface area contributed by atoms with Gasteiger partial charge in [0.2, 0.25) is 0 Å². The average Bonchev–Trinajstić information content (AvgIpc) is 2.81. The van der Waals surface area contributed by atoms with Crippen molar-refractivity contribution in [1.82, 2.24) is 9.78 Å². The van der Waals surface area contributed by atoms with Gasteiger partial charge < -0.3 is 5.73 Å². The second-order valence-electron chi connectivity index (χ2n) is 4.43. The summed E-state index contributed by atoms with van der Waals surface area (Å²) in [6, 6.07) is 2.49. The Bertz CT molecular complexity index is 883. The molecular weight excluding hydrogens is 414 g/mol. The molecule has 1 aromatic heterocycles. The standard InChI is InChI=1S/C12H5Cl2F5N4OS/c13-5-1-4(12(17,18)19)2-6(14)8(5)23-10(21)9(7(3-20)22-23)25(24)11(15)16/h1-2,11H,21H2/t25-/m0/s1. The van der Waals surface area contributed by atoms with E-state index >= 15 is 0 Å². The summed E-state index contributed by atoms with van der Waals surface area (Å²) in [6.45, 7) is 0. The summed E-state index contributed by atoms with van der Waals surface area (Å²) >= 11 is 11.6. The number of anilines is 1. The molecule has 0 unspecified atom stereocenters. The van der Waals surface area contributed by atoms with Gasteiger partial charge in [0.05, 0.1) is 15.6 Å². The molecule has 0 aliphatic heterocycles. The van der Waals surface area contributed by atoms with E-state index in [4.69, 9.17) is 34.2 Å². The highest BCUT2D eigenvalue weighted by Gasteiger charge is 2.33. The van der Waals surface area contributed by atoms with Gasteiger partial charge in [-0.25, -0.2) is 8.89 Å². The minimum absolute atomic E-state index is 0.372. The summed E-state index contributed by atoms with van der Waals surface area (Å²) in [7, 11) is -2.97. The second-order valence-corrected chi connectivity index (χ2v) is 6.60. The molecule has 0 saturated carbocycles. The molecule has 1 heterocycles. The molecule has 1 aromatic carbocycles. The Morgan fingerprint density at radius 3 is 2.20 bits per heavy atom. The number of nitrogens with zero attached hydrogens (tertiary/aromatic N) is 3. The molecule has 0 saturated heterocycles. The van der Waals surface area contributed by atoms with Crippen LogP contribution >= 0.6 is 23.2 Å². The predicted molar refractivity (Wildman–Crippen MR) is 80.1 cm³/mol. The van der Waals surface area contributed by atoms with E-state index in [0.717, 1.165) is 0 Å². The fourth-order valence-corrected chi connectivity index (χ4v) is 3.27. The summed E-state index contributed by atoms with van der Waals surface area (Å²) in [6.07, 6.45) is -4.73. The highest BCUT2D eigenvalue weighted by Crippen LogP contribution is 2.39. The normalized spacial score (nSPS) is 13.1. The van der Waals surface area contributed by atoms with Crippen molar-refractivity contribution in [3.05, 3.63) is 33.4 Å². The van der Waals surface area contributed by atoms with Crippen LogP contribution in [0.1, 0.15) is 11.3 Å². The fraction of sp³-hybridized carbons (Fsp3) is 0.167. The molecule has 0 bridgehead atoms. The largest absolute Gasteiger partial charge is 0.416 e. The van der Waals surface area contributed by atoms with Crippen molar-refractivity contribution in [2.45, 2.75) is 16.8 Å². The second kappa shape index (κ2) is 6.78. The maximum atomic E-state index is 12.7. The molecule has 0 radical (unpaired) electrons. The molecule has 0 spiro atoms. The number of rotatable bonds is 3. The van der Waals surface area contributed by atoms with Gasteiger partial charge in [0, 0.05) is 0 Å². The smallest absolute Gasteiger partial charge is 0.383 e. The quantitative estimate of drug-likeness (QED) is 0.763. The van der Waals surface area contributed by atoms with Crippen LogP contribution in [0.2, 0.25) is 10.0 Å². The number of hydrogen-bond acceptors (Lipinski definition) is 4. The summed E-state index contributed by atoms with van der Waals surface area (Å²) < 4.78 is 75.8. The van der Waals surface area contributed by atoms with Gasteiger partial charge in [-0.1, -0.05) is 23.2 Å². The van der Waals surface area contributed by atoms with Crippen LogP contribution in [0.25, 0.3) is 5.69 Å². The molecule has 0 aliphatic rings. The Balaban J connectivity index is 2.73. The average molecular weight is 419 g/mol. The third kappa shape index (κ3) is 3.56. The van der Waals surface area contributed by atoms with Crippen LogP contribution in [0.5, 0.6) is 0 Å². The number of nitriles is 1. The van der Waals surface area contributed by atoms with Gasteiger partial charge in [-0.15, -0.1) is 0 Å². The maximum absolute atomic E-state index is 12.7. The van der Waals surface area contributed by atoms with Crippen molar-refractivity contribution in [1.29, 1.82) is 5.26 Å². The summed E-state index contributed by atoms with van der Waals surface area (Å²) in [4.78, 5) is -0.760. The van der Waals surface area contributed by atoms with Crippen LogP contribution in [0, 0.1) is 11.3 Å². The van der Waals surface area contributed by atoms with E-state index in [1.807, 2.05) is 0 Å². The Labute approximate surface area is 149 Å². The van der Waals surface area contributed by atoms with Crippen LogP contribution in [-0.4, -0.2) is 19.7 Å². The lowest BCUT2D eigenvalue weighted by Crippen LogP contribution is -2.10. The van der Waals surface area contributed by atoms with Crippen molar-refractivity contribution in [3.63, 3.8) is 0 Å². The molecule has 1 atom stereocenters. The van der Waals surface area contributed by atoms with E-state index < -0.39 is 54.7 Å². The monoisotopic (exact) mass is 418 g/mol. The molecule has 13 heteroatoms. The SMILES string of the molecule is N#Cc1nn(-c2c(Cl)cc(C(F)(F)F)cc2Cl)c(N)c1[S@](=O)C(F)F. The predicted octanol–water partition coefficient (Wildman–Crippen LogP) is 3.98. The van der Waals surface area contributed by atoms with Gasteiger partial charge in [-0.3, -0.25) is 0 Å². The third-order valence-electron chi connectivity index (χ3n) is 2.90. The van der Waals surface area contributed by atoms with Gasteiger partial charge in [-0.2, -0.15) is 32.3 Å². The van der Waals surface area contributed by atoms with Crippen molar-refractivity contribution < 1.29 is 26.2 Å². The lowest BCUT2D eigenvalue weighted by Gasteiger charge is -2.13. The van der Waals surface area contributed by atoms with Crippen LogP contribution in [0.15, 0.2) is 17.0 Å². The number of benzene rings is 1. The molecule has 0 amide bonds. The van der Waals surface area contributed by atoms with Gasteiger partial charge in [0.25, 0.3) is 0 Å². The van der Waals surface area contributed by atoms with E-state index in [9.17, 15) is 26.2 Å². The van der Waals surface area contributed by atoms with E-state index in [1.54, 1.807) is 0 Å². The number of hydrogen-bond donors (Lipinski definition) is 1. The van der Waals surface area contributed by atoms with Crippen molar-refractivity contribution in [2.75, 3.05) is 5.73 Å². The Kier molecular flexibility index (Phi) is 5.27. The first kappa shape index (κ1) is 19.4. The summed E-state index contributed by atoms with van der Waals surface area (Å²) in [5, 5.41) is 11.4. The number of alkyl halides is 5. The summed E-state index contributed by atoms with van der Waals surface area (Å²) in [5.41, 5.74) is 3.37. The van der Waals surface area contributed by atoms with Crippen LogP contribution < -0.4 is 5.73 Å². The Morgan fingerprint density at radius 1 is 1.28 bits per heavy atom. The van der Waals surface area contributed by atoms with Crippen molar-refractivity contribution in [2.24, 2.45) is 0 Å². The van der Waals surface area contributed by atoms with Gasteiger partial charge in [0.15, 0.2) is 5.69 Å². The third-order valence-corrected chi connectivity index (χ3v) is 4.61.